The van der Waals surface area contributed by atoms with Crippen molar-refractivity contribution < 1.29 is 0 Å². The molecule has 2 aromatic heterocycles. The Labute approximate surface area is 101 Å². The van der Waals surface area contributed by atoms with Gasteiger partial charge in [-0.1, -0.05) is 13.0 Å². The van der Waals surface area contributed by atoms with Crippen molar-refractivity contribution in [3.8, 4) is 0 Å². The summed E-state index contributed by atoms with van der Waals surface area (Å²) >= 11 is 0. The van der Waals surface area contributed by atoms with Gasteiger partial charge in [0.15, 0.2) is 0 Å². The fraction of sp³-hybridized carbons (Fsp3) is 0.231. The fourth-order valence-electron chi connectivity index (χ4n) is 1.84. The Kier molecular flexibility index (Phi) is 3.67. The second-order valence-electron chi connectivity index (χ2n) is 3.75. The minimum absolute atomic E-state index is 0.0664. The highest BCUT2D eigenvalue weighted by Crippen LogP contribution is 2.24. The molecule has 4 heteroatoms. The van der Waals surface area contributed by atoms with Crippen molar-refractivity contribution >= 4 is 5.82 Å². The van der Waals surface area contributed by atoms with Gasteiger partial charge in [0.05, 0.1) is 6.04 Å². The van der Waals surface area contributed by atoms with Gasteiger partial charge in [0.1, 0.15) is 5.82 Å². The summed E-state index contributed by atoms with van der Waals surface area (Å²) in [6.07, 6.45) is 5.27. The monoisotopic (exact) mass is 228 g/mol. The van der Waals surface area contributed by atoms with Crippen LogP contribution in [-0.2, 0) is 0 Å². The second kappa shape index (κ2) is 5.41. The summed E-state index contributed by atoms with van der Waals surface area (Å²) in [7, 11) is 0. The van der Waals surface area contributed by atoms with Crippen LogP contribution in [0.25, 0.3) is 0 Å². The lowest BCUT2D eigenvalue weighted by molar-refractivity contribution is 0.630. The first-order valence-corrected chi connectivity index (χ1v) is 5.66. The van der Waals surface area contributed by atoms with Crippen LogP contribution in [0.4, 0.5) is 5.82 Å². The van der Waals surface area contributed by atoms with Gasteiger partial charge in [-0.15, -0.1) is 0 Å². The molecule has 0 amide bonds. The van der Waals surface area contributed by atoms with Crippen LogP contribution < -0.4 is 11.1 Å². The first-order valence-electron chi connectivity index (χ1n) is 5.66. The van der Waals surface area contributed by atoms with E-state index in [0.29, 0.717) is 5.82 Å². The highest BCUT2D eigenvalue weighted by atomic mass is 14.9. The minimum atomic E-state index is 0.0664. The predicted octanol–water partition coefficient (Wildman–Crippen LogP) is 1.76. The summed E-state index contributed by atoms with van der Waals surface area (Å²) in [5.41, 5.74) is 8.06. The van der Waals surface area contributed by atoms with Gasteiger partial charge in [-0.3, -0.25) is 4.98 Å². The maximum atomic E-state index is 5.92. The fourth-order valence-corrected chi connectivity index (χ4v) is 1.84. The molecule has 0 aliphatic carbocycles. The molecule has 4 nitrogen and oxygen atoms in total. The molecule has 1 unspecified atom stereocenters. The first-order chi connectivity index (χ1) is 8.33. The lowest BCUT2D eigenvalue weighted by Gasteiger charge is -2.19. The third kappa shape index (κ3) is 2.60. The molecule has 0 saturated heterocycles. The quantitative estimate of drug-likeness (QED) is 0.837. The molecule has 1 atom stereocenters. The highest BCUT2D eigenvalue weighted by Gasteiger charge is 2.15. The van der Waals surface area contributed by atoms with Gasteiger partial charge < -0.3 is 11.1 Å². The van der Waals surface area contributed by atoms with Crippen LogP contribution >= 0.6 is 0 Å². The summed E-state index contributed by atoms with van der Waals surface area (Å²) in [6, 6.07) is 7.93. The van der Waals surface area contributed by atoms with E-state index in [1.807, 2.05) is 24.3 Å². The van der Waals surface area contributed by atoms with Crippen molar-refractivity contribution in [3.05, 3.63) is 54.0 Å². The molecule has 0 aromatic carbocycles. The Hall–Kier alpha value is -1.94. The largest absolute Gasteiger partial charge is 0.383 e. The van der Waals surface area contributed by atoms with Gasteiger partial charge in [0.2, 0.25) is 0 Å². The number of hydrogen-bond donors (Lipinski definition) is 2. The number of nitrogens with two attached hydrogens (primary N) is 1. The molecule has 17 heavy (non-hydrogen) atoms. The minimum Gasteiger partial charge on any atom is -0.383 e. The maximum Gasteiger partial charge on any atom is 0.128 e. The van der Waals surface area contributed by atoms with E-state index in [9.17, 15) is 0 Å². The first kappa shape index (κ1) is 11.5. The third-order valence-corrected chi connectivity index (χ3v) is 2.63. The number of nitrogen functional groups attached to an aromatic ring is 1. The Morgan fingerprint density at radius 1 is 1.24 bits per heavy atom. The van der Waals surface area contributed by atoms with Crippen LogP contribution in [0.5, 0.6) is 0 Å². The summed E-state index contributed by atoms with van der Waals surface area (Å²) in [6.45, 7) is 2.93. The normalized spacial score (nSPS) is 12.3. The van der Waals surface area contributed by atoms with Crippen LogP contribution in [0, 0.1) is 0 Å². The van der Waals surface area contributed by atoms with Crippen LogP contribution in [-0.4, -0.2) is 16.5 Å². The van der Waals surface area contributed by atoms with Crippen LogP contribution in [0.15, 0.2) is 42.9 Å². The average Bonchev–Trinajstić information content (AvgIpc) is 2.38. The van der Waals surface area contributed by atoms with E-state index in [-0.39, 0.29) is 6.04 Å². The van der Waals surface area contributed by atoms with Crippen molar-refractivity contribution in [3.63, 3.8) is 0 Å². The Morgan fingerprint density at radius 2 is 2.00 bits per heavy atom. The summed E-state index contributed by atoms with van der Waals surface area (Å²) < 4.78 is 0. The number of hydrogen-bond acceptors (Lipinski definition) is 4. The van der Waals surface area contributed by atoms with Crippen molar-refractivity contribution in [2.24, 2.45) is 0 Å². The zero-order valence-corrected chi connectivity index (χ0v) is 9.80. The lowest BCUT2D eigenvalue weighted by Crippen LogP contribution is -2.23. The van der Waals surface area contributed by atoms with Gasteiger partial charge in [-0.25, -0.2) is 4.98 Å². The van der Waals surface area contributed by atoms with E-state index in [2.05, 4.69) is 22.2 Å². The van der Waals surface area contributed by atoms with Crippen LogP contribution in [0.2, 0.25) is 0 Å². The predicted molar refractivity (Wildman–Crippen MR) is 68.4 cm³/mol. The smallest absolute Gasteiger partial charge is 0.128 e. The lowest BCUT2D eigenvalue weighted by atomic mass is 10.0. The number of nitrogens with one attached hydrogen (secondary N) is 1. The van der Waals surface area contributed by atoms with Gasteiger partial charge >= 0.3 is 0 Å². The van der Waals surface area contributed by atoms with Crippen LogP contribution in [0.1, 0.15) is 24.1 Å². The standard InChI is InChI=1S/C13H16N4/c1-2-16-12(10-5-8-15-9-6-10)11-4-3-7-17-13(11)14/h3-9,12,16H,2H2,1H3,(H2,14,17). The topological polar surface area (TPSA) is 63.8 Å². The Morgan fingerprint density at radius 3 is 2.65 bits per heavy atom. The molecular weight excluding hydrogens is 212 g/mol. The van der Waals surface area contributed by atoms with Crippen molar-refractivity contribution in [1.29, 1.82) is 0 Å². The maximum absolute atomic E-state index is 5.92. The molecular formula is C13H16N4. The number of pyridine rings is 2. The molecule has 2 heterocycles. The number of rotatable bonds is 4. The Balaban J connectivity index is 2.39. The zero-order valence-electron chi connectivity index (χ0n) is 9.80. The average molecular weight is 228 g/mol. The molecule has 0 fully saturated rings. The molecule has 0 aliphatic rings. The SMILES string of the molecule is CCNC(c1ccncc1)c1cccnc1N. The highest BCUT2D eigenvalue weighted by molar-refractivity contribution is 5.45. The van der Waals surface area contributed by atoms with Crippen molar-refractivity contribution in [2.45, 2.75) is 13.0 Å². The molecule has 0 aliphatic heterocycles. The molecule has 2 aromatic rings. The molecule has 3 N–H and O–H groups in total. The van der Waals surface area contributed by atoms with E-state index < -0.39 is 0 Å². The van der Waals surface area contributed by atoms with Crippen molar-refractivity contribution in [2.75, 3.05) is 12.3 Å². The Bertz CT molecular complexity index is 470. The van der Waals surface area contributed by atoms with Gasteiger partial charge in [0, 0.05) is 24.2 Å². The second-order valence-corrected chi connectivity index (χ2v) is 3.75. The van der Waals surface area contributed by atoms with Crippen molar-refractivity contribution in [1.82, 2.24) is 15.3 Å². The summed E-state index contributed by atoms with van der Waals surface area (Å²) in [5.74, 6) is 0.565. The van der Waals surface area contributed by atoms with Gasteiger partial charge in [-0.2, -0.15) is 0 Å². The summed E-state index contributed by atoms with van der Waals surface area (Å²) in [5, 5.41) is 3.41. The number of nitrogens with zero attached hydrogens (tertiary/aromatic N) is 2. The van der Waals surface area contributed by atoms with E-state index in [4.69, 9.17) is 5.73 Å². The van der Waals surface area contributed by atoms with E-state index >= 15 is 0 Å². The van der Waals surface area contributed by atoms with E-state index in [1.165, 1.54) is 0 Å². The molecule has 2 rings (SSSR count). The van der Waals surface area contributed by atoms with Crippen LogP contribution in [0.3, 0.4) is 0 Å². The van der Waals surface area contributed by atoms with Gasteiger partial charge in [0.25, 0.3) is 0 Å². The third-order valence-electron chi connectivity index (χ3n) is 2.63. The van der Waals surface area contributed by atoms with E-state index in [0.717, 1.165) is 17.7 Å². The molecule has 88 valence electrons. The molecule has 0 radical (unpaired) electrons. The molecule has 0 bridgehead atoms. The van der Waals surface area contributed by atoms with Gasteiger partial charge in [-0.05, 0) is 30.3 Å². The molecule has 0 saturated carbocycles. The number of anilines is 1. The molecule has 0 spiro atoms. The number of aromatic nitrogens is 2. The zero-order chi connectivity index (χ0) is 12.1. The summed E-state index contributed by atoms with van der Waals surface area (Å²) in [4.78, 5) is 8.16. The van der Waals surface area contributed by atoms with E-state index in [1.54, 1.807) is 18.6 Å².